The van der Waals surface area contributed by atoms with Crippen molar-refractivity contribution in [2.24, 2.45) is 0 Å². The molecule has 1 unspecified atom stereocenters. The van der Waals surface area contributed by atoms with Crippen LogP contribution in [0.4, 0.5) is 0 Å². The monoisotopic (exact) mass is 234 g/mol. The number of nitrogens with one attached hydrogen (secondary N) is 2. The van der Waals surface area contributed by atoms with Crippen molar-refractivity contribution in [2.75, 3.05) is 20.3 Å². The van der Waals surface area contributed by atoms with Crippen LogP contribution in [0.5, 0.6) is 5.75 Å². The topological polar surface area (TPSA) is 50.4 Å². The molecule has 1 aliphatic heterocycles. The van der Waals surface area contributed by atoms with E-state index in [-0.39, 0.29) is 5.54 Å². The summed E-state index contributed by atoms with van der Waals surface area (Å²) in [5, 5.41) is 6.36. The molecule has 1 fully saturated rings. The standard InChI is InChI=1S/C13H18N2O2/c1-17-12-4-2-11(3-5-12)6-7-13(9-16)8-14-10-15-13/h2-5,9,14-15H,6-8,10H2,1H3. The van der Waals surface area contributed by atoms with Gasteiger partial charge in [-0.05, 0) is 30.5 Å². The summed E-state index contributed by atoms with van der Waals surface area (Å²) < 4.78 is 5.11. The molecule has 0 aliphatic carbocycles. The Morgan fingerprint density at radius 3 is 2.71 bits per heavy atom. The molecule has 0 bridgehead atoms. The van der Waals surface area contributed by atoms with Crippen LogP contribution in [0.1, 0.15) is 12.0 Å². The van der Waals surface area contributed by atoms with Crippen LogP contribution >= 0.6 is 0 Å². The van der Waals surface area contributed by atoms with E-state index in [1.54, 1.807) is 7.11 Å². The van der Waals surface area contributed by atoms with Crippen LogP contribution in [-0.2, 0) is 11.2 Å². The molecule has 1 aliphatic rings. The van der Waals surface area contributed by atoms with E-state index in [4.69, 9.17) is 4.74 Å². The highest BCUT2D eigenvalue weighted by Crippen LogP contribution is 2.17. The van der Waals surface area contributed by atoms with Crippen LogP contribution in [0.3, 0.4) is 0 Å². The summed E-state index contributed by atoms with van der Waals surface area (Å²) in [6, 6.07) is 7.98. The second-order valence-corrected chi connectivity index (χ2v) is 4.40. The summed E-state index contributed by atoms with van der Waals surface area (Å²) in [5.74, 6) is 0.861. The Morgan fingerprint density at radius 2 is 2.18 bits per heavy atom. The molecule has 0 saturated carbocycles. The molecule has 0 spiro atoms. The second kappa shape index (κ2) is 5.29. The van der Waals surface area contributed by atoms with E-state index in [1.165, 1.54) is 5.56 Å². The van der Waals surface area contributed by atoms with E-state index in [9.17, 15) is 4.79 Å². The van der Waals surface area contributed by atoms with Crippen LogP contribution in [0.15, 0.2) is 24.3 Å². The van der Waals surface area contributed by atoms with E-state index in [1.807, 2.05) is 24.3 Å². The van der Waals surface area contributed by atoms with Crippen molar-refractivity contribution >= 4 is 6.29 Å². The van der Waals surface area contributed by atoms with E-state index >= 15 is 0 Å². The zero-order chi connectivity index (χ0) is 12.1. The summed E-state index contributed by atoms with van der Waals surface area (Å²) in [6.07, 6.45) is 2.73. The molecular weight excluding hydrogens is 216 g/mol. The van der Waals surface area contributed by atoms with Gasteiger partial charge in [-0.3, -0.25) is 5.32 Å². The van der Waals surface area contributed by atoms with Crippen molar-refractivity contribution in [3.63, 3.8) is 0 Å². The average molecular weight is 234 g/mol. The highest BCUT2D eigenvalue weighted by atomic mass is 16.5. The number of methoxy groups -OCH3 is 1. The Morgan fingerprint density at radius 1 is 1.41 bits per heavy atom. The Bertz CT molecular complexity index is 370. The van der Waals surface area contributed by atoms with E-state index in [2.05, 4.69) is 10.6 Å². The van der Waals surface area contributed by atoms with Crippen LogP contribution in [0.2, 0.25) is 0 Å². The smallest absolute Gasteiger partial charge is 0.141 e. The molecule has 0 radical (unpaired) electrons. The van der Waals surface area contributed by atoms with Gasteiger partial charge in [-0.1, -0.05) is 12.1 Å². The molecule has 2 N–H and O–H groups in total. The fourth-order valence-electron chi connectivity index (χ4n) is 2.07. The minimum atomic E-state index is -0.389. The SMILES string of the molecule is COc1ccc(CCC2(C=O)CNCN2)cc1. The maximum Gasteiger partial charge on any atom is 0.141 e. The van der Waals surface area contributed by atoms with Crippen molar-refractivity contribution in [1.29, 1.82) is 0 Å². The molecule has 1 aromatic carbocycles. The number of rotatable bonds is 5. The quantitative estimate of drug-likeness (QED) is 0.737. The van der Waals surface area contributed by atoms with Crippen LogP contribution in [0, 0.1) is 0 Å². The number of aldehydes is 1. The summed E-state index contributed by atoms with van der Waals surface area (Å²) in [7, 11) is 1.66. The normalized spacial score (nSPS) is 23.6. The van der Waals surface area contributed by atoms with Crippen molar-refractivity contribution in [1.82, 2.24) is 10.6 Å². The van der Waals surface area contributed by atoms with E-state index in [0.717, 1.165) is 24.9 Å². The third kappa shape index (κ3) is 2.84. The predicted octanol–water partition coefficient (Wildman–Crippen LogP) is 0.716. The van der Waals surface area contributed by atoms with Gasteiger partial charge in [0.2, 0.25) is 0 Å². The lowest BCUT2D eigenvalue weighted by Crippen LogP contribution is -2.44. The van der Waals surface area contributed by atoms with Gasteiger partial charge < -0.3 is 14.8 Å². The molecule has 4 heteroatoms. The Labute approximate surface area is 101 Å². The first-order valence-electron chi connectivity index (χ1n) is 5.83. The first-order valence-corrected chi connectivity index (χ1v) is 5.83. The maximum absolute atomic E-state index is 11.1. The third-order valence-corrected chi connectivity index (χ3v) is 3.25. The van der Waals surface area contributed by atoms with Gasteiger partial charge in [-0.2, -0.15) is 0 Å². The molecule has 1 aromatic rings. The summed E-state index contributed by atoms with van der Waals surface area (Å²) in [4.78, 5) is 11.1. The fourth-order valence-corrected chi connectivity index (χ4v) is 2.07. The van der Waals surface area contributed by atoms with Crippen molar-refractivity contribution in [3.05, 3.63) is 29.8 Å². The zero-order valence-electron chi connectivity index (χ0n) is 10.0. The van der Waals surface area contributed by atoms with Gasteiger partial charge in [0.15, 0.2) is 0 Å². The highest BCUT2D eigenvalue weighted by molar-refractivity contribution is 5.65. The van der Waals surface area contributed by atoms with Crippen LogP contribution in [-0.4, -0.2) is 32.1 Å². The van der Waals surface area contributed by atoms with Gasteiger partial charge in [-0.15, -0.1) is 0 Å². The van der Waals surface area contributed by atoms with Gasteiger partial charge in [0, 0.05) is 13.2 Å². The highest BCUT2D eigenvalue weighted by Gasteiger charge is 2.32. The first-order chi connectivity index (χ1) is 8.28. The Kier molecular flexibility index (Phi) is 3.76. The number of aryl methyl sites for hydroxylation is 1. The number of hydrogen-bond donors (Lipinski definition) is 2. The second-order valence-electron chi connectivity index (χ2n) is 4.40. The number of carbonyl (C=O) groups is 1. The van der Waals surface area contributed by atoms with Gasteiger partial charge in [-0.25, -0.2) is 0 Å². The maximum atomic E-state index is 11.1. The molecule has 0 aromatic heterocycles. The zero-order valence-corrected chi connectivity index (χ0v) is 10.0. The molecule has 17 heavy (non-hydrogen) atoms. The Hall–Kier alpha value is -1.39. The Balaban J connectivity index is 1.94. The number of benzene rings is 1. The van der Waals surface area contributed by atoms with Gasteiger partial charge in [0.25, 0.3) is 0 Å². The fraction of sp³-hybridized carbons (Fsp3) is 0.462. The van der Waals surface area contributed by atoms with Gasteiger partial charge in [0.05, 0.1) is 12.6 Å². The van der Waals surface area contributed by atoms with Crippen molar-refractivity contribution in [3.8, 4) is 5.75 Å². The van der Waals surface area contributed by atoms with Crippen molar-refractivity contribution in [2.45, 2.75) is 18.4 Å². The summed E-state index contributed by atoms with van der Waals surface area (Å²) >= 11 is 0. The van der Waals surface area contributed by atoms with E-state index in [0.29, 0.717) is 13.2 Å². The lowest BCUT2D eigenvalue weighted by atomic mass is 9.94. The predicted molar refractivity (Wildman–Crippen MR) is 66.1 cm³/mol. The molecule has 2 rings (SSSR count). The first kappa shape index (κ1) is 12.1. The van der Waals surface area contributed by atoms with Crippen LogP contribution < -0.4 is 15.4 Å². The largest absolute Gasteiger partial charge is 0.497 e. The molecule has 1 atom stereocenters. The van der Waals surface area contributed by atoms with E-state index < -0.39 is 0 Å². The molecule has 0 amide bonds. The lowest BCUT2D eigenvalue weighted by molar-refractivity contribution is -0.112. The number of ether oxygens (including phenoxy) is 1. The van der Waals surface area contributed by atoms with Gasteiger partial charge in [0.1, 0.15) is 12.0 Å². The average Bonchev–Trinajstić information content (AvgIpc) is 2.86. The van der Waals surface area contributed by atoms with Crippen molar-refractivity contribution < 1.29 is 9.53 Å². The minimum absolute atomic E-state index is 0.389. The number of carbonyl (C=O) groups excluding carboxylic acids is 1. The molecular formula is C13H18N2O2. The summed E-state index contributed by atoms with van der Waals surface area (Å²) in [6.45, 7) is 1.42. The minimum Gasteiger partial charge on any atom is -0.497 e. The van der Waals surface area contributed by atoms with Gasteiger partial charge >= 0.3 is 0 Å². The molecule has 4 nitrogen and oxygen atoms in total. The molecule has 92 valence electrons. The molecule has 1 heterocycles. The van der Waals surface area contributed by atoms with Crippen LogP contribution in [0.25, 0.3) is 0 Å². The lowest BCUT2D eigenvalue weighted by Gasteiger charge is -2.21. The number of hydrogen-bond acceptors (Lipinski definition) is 4. The summed E-state index contributed by atoms with van der Waals surface area (Å²) in [5.41, 5.74) is 0.834. The third-order valence-electron chi connectivity index (χ3n) is 3.25. The molecule has 1 saturated heterocycles.